The minimum absolute atomic E-state index is 0.169. The van der Waals surface area contributed by atoms with Crippen LogP contribution in [0, 0.1) is 0 Å². The number of carbonyl (C=O) groups excluding carboxylic acids is 2. The molecule has 148 valence electrons. The standard InChI is InChI=1S/C22H20N2O4S/c1-14(20(25)23-17-11-12-27-19-10-6-5-9-16(17)19)28-22(26)18-13-29-21(24-18)15-7-3-2-4-8-15/h2-10,13-14,17H,11-12H2,1H3,(H,23,25). The van der Waals surface area contributed by atoms with Crippen LogP contribution >= 0.6 is 11.3 Å². The summed E-state index contributed by atoms with van der Waals surface area (Å²) in [6, 6.07) is 17.0. The molecule has 29 heavy (non-hydrogen) atoms. The summed E-state index contributed by atoms with van der Waals surface area (Å²) in [6.45, 7) is 2.08. The quantitative estimate of drug-likeness (QED) is 0.646. The van der Waals surface area contributed by atoms with Gasteiger partial charge in [0.15, 0.2) is 11.8 Å². The molecule has 1 aromatic heterocycles. The molecule has 0 fully saturated rings. The smallest absolute Gasteiger partial charge is 0.358 e. The van der Waals surface area contributed by atoms with Crippen LogP contribution in [-0.2, 0) is 9.53 Å². The Hall–Kier alpha value is -3.19. The van der Waals surface area contributed by atoms with Crippen LogP contribution in [0.2, 0.25) is 0 Å². The van der Waals surface area contributed by atoms with Gasteiger partial charge in [0.25, 0.3) is 5.91 Å². The Morgan fingerprint density at radius 3 is 2.76 bits per heavy atom. The van der Waals surface area contributed by atoms with Gasteiger partial charge in [0.05, 0.1) is 12.6 Å². The Kier molecular flexibility index (Phi) is 5.57. The Morgan fingerprint density at radius 2 is 1.93 bits per heavy atom. The maximum Gasteiger partial charge on any atom is 0.358 e. The molecule has 3 aromatic rings. The first-order valence-electron chi connectivity index (χ1n) is 9.36. The van der Waals surface area contributed by atoms with Crippen molar-refractivity contribution in [1.29, 1.82) is 0 Å². The zero-order valence-electron chi connectivity index (χ0n) is 15.8. The number of nitrogens with zero attached hydrogens (tertiary/aromatic N) is 1. The molecule has 0 aliphatic carbocycles. The molecule has 0 saturated carbocycles. The van der Waals surface area contributed by atoms with Crippen molar-refractivity contribution >= 4 is 23.2 Å². The fourth-order valence-corrected chi connectivity index (χ4v) is 3.93. The van der Waals surface area contributed by atoms with Gasteiger partial charge in [0.2, 0.25) is 0 Å². The van der Waals surface area contributed by atoms with Crippen LogP contribution in [0.4, 0.5) is 0 Å². The number of hydrogen-bond acceptors (Lipinski definition) is 6. The third kappa shape index (κ3) is 4.30. The van der Waals surface area contributed by atoms with Gasteiger partial charge < -0.3 is 14.8 Å². The van der Waals surface area contributed by atoms with E-state index in [-0.39, 0.29) is 17.6 Å². The molecule has 6 nitrogen and oxygen atoms in total. The molecule has 0 spiro atoms. The summed E-state index contributed by atoms with van der Waals surface area (Å²) in [5.74, 6) is -0.193. The van der Waals surface area contributed by atoms with Crippen molar-refractivity contribution in [2.45, 2.75) is 25.5 Å². The molecule has 1 N–H and O–H groups in total. The average molecular weight is 408 g/mol. The molecule has 2 aromatic carbocycles. The summed E-state index contributed by atoms with van der Waals surface area (Å²) in [5, 5.41) is 5.32. The average Bonchev–Trinajstić information content (AvgIpc) is 3.25. The first kappa shape index (κ1) is 19.1. The number of hydrogen-bond donors (Lipinski definition) is 1. The number of rotatable bonds is 5. The van der Waals surface area contributed by atoms with E-state index in [0.717, 1.165) is 21.9 Å². The van der Waals surface area contributed by atoms with Crippen LogP contribution < -0.4 is 10.1 Å². The zero-order chi connectivity index (χ0) is 20.2. The zero-order valence-corrected chi connectivity index (χ0v) is 16.6. The number of carbonyl (C=O) groups is 2. The summed E-state index contributed by atoms with van der Waals surface area (Å²) in [5.41, 5.74) is 2.06. The molecular formula is C22H20N2O4S. The first-order chi connectivity index (χ1) is 14.1. The highest BCUT2D eigenvalue weighted by atomic mass is 32.1. The van der Waals surface area contributed by atoms with Gasteiger partial charge >= 0.3 is 5.97 Å². The fourth-order valence-electron chi connectivity index (χ4n) is 3.14. The van der Waals surface area contributed by atoms with Crippen LogP contribution in [0.1, 0.15) is 35.4 Å². The minimum Gasteiger partial charge on any atom is -0.493 e. The Bertz CT molecular complexity index is 1020. The molecule has 2 heterocycles. The fraction of sp³-hybridized carbons (Fsp3) is 0.227. The molecule has 2 unspecified atom stereocenters. The second-order valence-corrected chi connectivity index (χ2v) is 7.55. The highest BCUT2D eigenvalue weighted by Gasteiger charge is 2.27. The van der Waals surface area contributed by atoms with Gasteiger partial charge in [0.1, 0.15) is 10.8 Å². The van der Waals surface area contributed by atoms with Gasteiger partial charge in [-0.15, -0.1) is 11.3 Å². The number of ether oxygens (including phenoxy) is 2. The topological polar surface area (TPSA) is 77.5 Å². The molecule has 1 aliphatic rings. The van der Waals surface area contributed by atoms with E-state index in [1.165, 1.54) is 11.3 Å². The number of fused-ring (bicyclic) bond motifs is 1. The number of nitrogens with one attached hydrogen (secondary N) is 1. The van der Waals surface area contributed by atoms with Crippen molar-refractivity contribution in [2.24, 2.45) is 0 Å². The largest absolute Gasteiger partial charge is 0.493 e. The lowest BCUT2D eigenvalue weighted by Gasteiger charge is -2.27. The summed E-state index contributed by atoms with van der Waals surface area (Å²) in [4.78, 5) is 29.3. The molecule has 4 rings (SSSR count). The van der Waals surface area contributed by atoms with Crippen LogP contribution in [0.25, 0.3) is 10.6 Å². The number of esters is 1. The van der Waals surface area contributed by atoms with Crippen molar-refractivity contribution < 1.29 is 19.1 Å². The molecule has 7 heteroatoms. The van der Waals surface area contributed by atoms with Crippen LogP contribution in [0.3, 0.4) is 0 Å². The van der Waals surface area contributed by atoms with Crippen molar-refractivity contribution in [2.75, 3.05) is 6.61 Å². The maximum absolute atomic E-state index is 12.6. The molecule has 2 atom stereocenters. The van der Waals surface area contributed by atoms with Gasteiger partial charge in [-0.2, -0.15) is 0 Å². The molecule has 0 bridgehead atoms. The number of benzene rings is 2. The van der Waals surface area contributed by atoms with Crippen molar-refractivity contribution in [1.82, 2.24) is 10.3 Å². The van der Waals surface area contributed by atoms with Crippen molar-refractivity contribution in [3.8, 4) is 16.3 Å². The van der Waals surface area contributed by atoms with Gasteiger partial charge in [-0.05, 0) is 13.0 Å². The van der Waals surface area contributed by atoms with Gasteiger partial charge in [0, 0.05) is 22.9 Å². The van der Waals surface area contributed by atoms with Crippen LogP contribution in [0.15, 0.2) is 60.0 Å². The van der Waals surface area contributed by atoms with E-state index in [0.29, 0.717) is 13.0 Å². The molecule has 1 amide bonds. The summed E-state index contributed by atoms with van der Waals surface area (Å²) in [7, 11) is 0. The Labute approximate surface area is 172 Å². The van der Waals surface area contributed by atoms with E-state index in [1.807, 2.05) is 54.6 Å². The van der Waals surface area contributed by atoms with E-state index in [1.54, 1.807) is 12.3 Å². The normalized spacial score (nSPS) is 16.2. The van der Waals surface area contributed by atoms with Crippen LogP contribution in [-0.4, -0.2) is 29.6 Å². The number of thiazole rings is 1. The first-order valence-corrected chi connectivity index (χ1v) is 10.2. The molecule has 1 aliphatic heterocycles. The van der Waals surface area contributed by atoms with Gasteiger partial charge in [-0.3, -0.25) is 4.79 Å². The van der Waals surface area contributed by atoms with E-state index >= 15 is 0 Å². The molecule has 0 radical (unpaired) electrons. The second kappa shape index (κ2) is 8.45. The lowest BCUT2D eigenvalue weighted by molar-refractivity contribution is -0.130. The summed E-state index contributed by atoms with van der Waals surface area (Å²) >= 11 is 1.36. The Morgan fingerprint density at radius 1 is 1.17 bits per heavy atom. The number of para-hydroxylation sites is 1. The third-order valence-corrected chi connectivity index (χ3v) is 5.55. The van der Waals surface area contributed by atoms with Crippen LogP contribution in [0.5, 0.6) is 5.75 Å². The predicted octanol–water partition coefficient (Wildman–Crippen LogP) is 4.00. The summed E-state index contributed by atoms with van der Waals surface area (Å²) in [6.07, 6.45) is -0.268. The molecule has 0 saturated heterocycles. The van der Waals surface area contributed by atoms with Crippen molar-refractivity contribution in [3.63, 3.8) is 0 Å². The number of aromatic nitrogens is 1. The lowest BCUT2D eigenvalue weighted by atomic mass is 10.0. The predicted molar refractivity (Wildman–Crippen MR) is 110 cm³/mol. The van der Waals surface area contributed by atoms with Gasteiger partial charge in [-0.1, -0.05) is 48.5 Å². The van der Waals surface area contributed by atoms with E-state index in [2.05, 4.69) is 10.3 Å². The maximum atomic E-state index is 12.6. The second-order valence-electron chi connectivity index (χ2n) is 6.69. The van der Waals surface area contributed by atoms with E-state index < -0.39 is 12.1 Å². The van der Waals surface area contributed by atoms with E-state index in [9.17, 15) is 9.59 Å². The highest BCUT2D eigenvalue weighted by molar-refractivity contribution is 7.13. The monoisotopic (exact) mass is 408 g/mol. The highest BCUT2D eigenvalue weighted by Crippen LogP contribution is 2.31. The van der Waals surface area contributed by atoms with E-state index in [4.69, 9.17) is 9.47 Å². The van der Waals surface area contributed by atoms with Gasteiger partial charge in [-0.25, -0.2) is 9.78 Å². The minimum atomic E-state index is -0.931. The molecular weight excluding hydrogens is 388 g/mol. The third-order valence-electron chi connectivity index (χ3n) is 4.66. The number of amides is 1. The SMILES string of the molecule is CC(OC(=O)c1csc(-c2ccccc2)n1)C(=O)NC1CCOc2ccccc21. The lowest BCUT2D eigenvalue weighted by Crippen LogP contribution is -2.39. The summed E-state index contributed by atoms with van der Waals surface area (Å²) < 4.78 is 11.0. The van der Waals surface area contributed by atoms with Crippen molar-refractivity contribution in [3.05, 3.63) is 71.2 Å². The Balaban J connectivity index is 1.38.